The topological polar surface area (TPSA) is 50.5 Å². The van der Waals surface area contributed by atoms with Gasteiger partial charge in [0.15, 0.2) is 0 Å². The summed E-state index contributed by atoms with van der Waals surface area (Å²) < 4.78 is 5.45. The number of ether oxygens (including phenoxy) is 1. The molecule has 0 radical (unpaired) electrons. The number of hydrogen-bond acceptors (Lipinski definition) is 4. The molecule has 0 aromatic heterocycles. The molecule has 4 heteroatoms. The number of nitrogens with one attached hydrogen (secondary N) is 1. The fraction of sp³-hybridized carbons (Fsp3) is 1.00. The second-order valence-corrected chi connectivity index (χ2v) is 5.89. The molecular formula is C15H33N3O. The summed E-state index contributed by atoms with van der Waals surface area (Å²) in [5.74, 6) is 6.64. The Bertz CT molecular complexity index is 240. The van der Waals surface area contributed by atoms with E-state index in [1.165, 1.54) is 12.8 Å². The van der Waals surface area contributed by atoms with Crippen molar-refractivity contribution in [1.29, 1.82) is 0 Å². The Hall–Kier alpha value is -0.160. The van der Waals surface area contributed by atoms with Gasteiger partial charge in [0, 0.05) is 24.8 Å². The van der Waals surface area contributed by atoms with E-state index in [2.05, 4.69) is 38.0 Å². The van der Waals surface area contributed by atoms with Gasteiger partial charge in [-0.05, 0) is 51.6 Å². The van der Waals surface area contributed by atoms with Crippen LogP contribution in [-0.4, -0.2) is 42.8 Å². The Kier molecular flexibility index (Phi) is 7.29. The minimum Gasteiger partial charge on any atom is -0.381 e. The summed E-state index contributed by atoms with van der Waals surface area (Å²) in [4.78, 5) is 2.54. The summed E-state index contributed by atoms with van der Waals surface area (Å²) in [6.45, 7) is 13.1. The van der Waals surface area contributed by atoms with Crippen LogP contribution in [0.2, 0.25) is 0 Å². The number of likely N-dealkylation sites (N-methyl/N-ethyl adjacent to an activating group) is 1. The third-order valence-corrected chi connectivity index (χ3v) is 5.06. The molecule has 1 fully saturated rings. The van der Waals surface area contributed by atoms with Gasteiger partial charge in [-0.1, -0.05) is 20.8 Å². The molecule has 19 heavy (non-hydrogen) atoms. The largest absolute Gasteiger partial charge is 0.381 e. The Morgan fingerprint density at radius 2 is 1.84 bits per heavy atom. The third-order valence-electron chi connectivity index (χ3n) is 5.06. The van der Waals surface area contributed by atoms with Crippen LogP contribution in [0.5, 0.6) is 0 Å². The van der Waals surface area contributed by atoms with Crippen molar-refractivity contribution < 1.29 is 4.74 Å². The SMILES string of the molecule is CCN(CC)C(C)(CC)C(CC1CCOCC1)NN. The summed E-state index contributed by atoms with van der Waals surface area (Å²) in [7, 11) is 0. The molecule has 1 heterocycles. The summed E-state index contributed by atoms with van der Waals surface area (Å²) in [5.41, 5.74) is 3.24. The molecule has 0 spiro atoms. The highest BCUT2D eigenvalue weighted by atomic mass is 16.5. The predicted octanol–water partition coefficient (Wildman–Crippen LogP) is 2.15. The van der Waals surface area contributed by atoms with Crippen molar-refractivity contribution in [2.45, 2.75) is 65.0 Å². The van der Waals surface area contributed by atoms with E-state index in [9.17, 15) is 0 Å². The molecule has 2 atom stereocenters. The van der Waals surface area contributed by atoms with E-state index in [-0.39, 0.29) is 5.54 Å². The molecule has 1 aliphatic heterocycles. The number of hydrogen-bond donors (Lipinski definition) is 2. The molecule has 0 aromatic carbocycles. The van der Waals surface area contributed by atoms with E-state index in [0.717, 1.165) is 45.1 Å². The molecule has 0 bridgehead atoms. The first-order valence-corrected chi connectivity index (χ1v) is 7.91. The van der Waals surface area contributed by atoms with E-state index in [0.29, 0.717) is 6.04 Å². The molecule has 0 saturated carbocycles. The molecule has 2 unspecified atom stereocenters. The third kappa shape index (κ3) is 4.15. The monoisotopic (exact) mass is 271 g/mol. The molecule has 4 nitrogen and oxygen atoms in total. The lowest BCUT2D eigenvalue weighted by molar-refractivity contribution is 0.0306. The van der Waals surface area contributed by atoms with Crippen LogP contribution in [0.25, 0.3) is 0 Å². The molecular weight excluding hydrogens is 238 g/mol. The first-order valence-electron chi connectivity index (χ1n) is 7.91. The van der Waals surface area contributed by atoms with Crippen molar-refractivity contribution in [2.75, 3.05) is 26.3 Å². The van der Waals surface area contributed by atoms with Crippen LogP contribution in [0.3, 0.4) is 0 Å². The first kappa shape index (κ1) is 16.9. The van der Waals surface area contributed by atoms with Crippen LogP contribution in [0.15, 0.2) is 0 Å². The van der Waals surface area contributed by atoms with Crippen LogP contribution in [-0.2, 0) is 4.74 Å². The maximum atomic E-state index is 5.89. The Morgan fingerprint density at radius 1 is 1.26 bits per heavy atom. The lowest BCUT2D eigenvalue weighted by Crippen LogP contribution is -2.61. The summed E-state index contributed by atoms with van der Waals surface area (Å²) in [5, 5.41) is 0. The average Bonchev–Trinajstić information content (AvgIpc) is 2.46. The van der Waals surface area contributed by atoms with Crippen molar-refractivity contribution >= 4 is 0 Å². The second-order valence-electron chi connectivity index (χ2n) is 5.89. The standard InChI is InChI=1S/C15H33N3O/c1-5-15(4,18(6-2)7-3)14(17-16)12-13-8-10-19-11-9-13/h13-14,17H,5-12,16H2,1-4H3. The van der Waals surface area contributed by atoms with Crippen molar-refractivity contribution in [2.24, 2.45) is 11.8 Å². The molecule has 0 amide bonds. The van der Waals surface area contributed by atoms with Gasteiger partial charge in [0.05, 0.1) is 0 Å². The second kappa shape index (κ2) is 8.20. The van der Waals surface area contributed by atoms with E-state index in [1.54, 1.807) is 0 Å². The number of nitrogens with zero attached hydrogens (tertiary/aromatic N) is 1. The predicted molar refractivity (Wildman–Crippen MR) is 80.9 cm³/mol. The van der Waals surface area contributed by atoms with Crippen LogP contribution in [0.4, 0.5) is 0 Å². The maximum Gasteiger partial charge on any atom is 0.0468 e. The summed E-state index contributed by atoms with van der Waals surface area (Å²) >= 11 is 0. The summed E-state index contributed by atoms with van der Waals surface area (Å²) in [6, 6.07) is 0.348. The van der Waals surface area contributed by atoms with Crippen LogP contribution < -0.4 is 11.3 Å². The molecule has 3 N–H and O–H groups in total. The van der Waals surface area contributed by atoms with Gasteiger partial charge in [0.2, 0.25) is 0 Å². The van der Waals surface area contributed by atoms with Gasteiger partial charge in [0.1, 0.15) is 0 Å². The zero-order chi connectivity index (χ0) is 14.3. The van der Waals surface area contributed by atoms with Gasteiger partial charge in [-0.15, -0.1) is 0 Å². The highest BCUT2D eigenvalue weighted by Crippen LogP contribution is 2.30. The average molecular weight is 271 g/mol. The van der Waals surface area contributed by atoms with Gasteiger partial charge >= 0.3 is 0 Å². The normalized spacial score (nSPS) is 22.4. The number of hydrazine groups is 1. The Labute approximate surface area is 119 Å². The molecule has 1 saturated heterocycles. The van der Waals surface area contributed by atoms with Gasteiger partial charge in [-0.2, -0.15) is 0 Å². The first-order chi connectivity index (χ1) is 9.12. The zero-order valence-corrected chi connectivity index (χ0v) is 13.2. The maximum absolute atomic E-state index is 5.89. The van der Waals surface area contributed by atoms with E-state index in [1.807, 2.05) is 0 Å². The highest BCUT2D eigenvalue weighted by Gasteiger charge is 2.37. The van der Waals surface area contributed by atoms with Crippen LogP contribution in [0, 0.1) is 5.92 Å². The highest BCUT2D eigenvalue weighted by molar-refractivity contribution is 4.96. The fourth-order valence-electron chi connectivity index (χ4n) is 3.45. The lowest BCUT2D eigenvalue weighted by atomic mass is 9.80. The fourth-order valence-corrected chi connectivity index (χ4v) is 3.45. The van der Waals surface area contributed by atoms with Crippen LogP contribution in [0.1, 0.15) is 53.4 Å². The Balaban J connectivity index is 2.72. The minimum atomic E-state index is 0.135. The minimum absolute atomic E-state index is 0.135. The molecule has 1 rings (SSSR count). The van der Waals surface area contributed by atoms with Crippen molar-refractivity contribution in [3.05, 3.63) is 0 Å². The zero-order valence-electron chi connectivity index (χ0n) is 13.2. The van der Waals surface area contributed by atoms with Gasteiger partial charge in [0.25, 0.3) is 0 Å². The van der Waals surface area contributed by atoms with Crippen LogP contribution >= 0.6 is 0 Å². The quantitative estimate of drug-likeness (QED) is 0.524. The number of rotatable bonds is 8. The van der Waals surface area contributed by atoms with Crippen molar-refractivity contribution in [3.8, 4) is 0 Å². The lowest BCUT2D eigenvalue weighted by Gasteiger charge is -2.46. The molecule has 0 aromatic rings. The molecule has 0 aliphatic carbocycles. The van der Waals surface area contributed by atoms with Crippen molar-refractivity contribution in [3.63, 3.8) is 0 Å². The molecule has 1 aliphatic rings. The van der Waals surface area contributed by atoms with Gasteiger partial charge in [-0.3, -0.25) is 16.2 Å². The van der Waals surface area contributed by atoms with E-state index >= 15 is 0 Å². The van der Waals surface area contributed by atoms with E-state index < -0.39 is 0 Å². The smallest absolute Gasteiger partial charge is 0.0468 e. The van der Waals surface area contributed by atoms with Gasteiger partial charge in [-0.25, -0.2) is 0 Å². The van der Waals surface area contributed by atoms with Crippen molar-refractivity contribution in [1.82, 2.24) is 10.3 Å². The summed E-state index contributed by atoms with van der Waals surface area (Å²) in [6.07, 6.45) is 4.62. The Morgan fingerprint density at radius 3 is 2.26 bits per heavy atom. The van der Waals surface area contributed by atoms with Gasteiger partial charge < -0.3 is 4.74 Å². The van der Waals surface area contributed by atoms with E-state index in [4.69, 9.17) is 10.6 Å². The number of nitrogens with two attached hydrogens (primary N) is 1. The molecule has 114 valence electrons.